The molecule has 0 fully saturated rings. The third-order valence-corrected chi connectivity index (χ3v) is 2.95. The Kier molecular flexibility index (Phi) is 3.30. The Hall–Kier alpha value is -1.94. The summed E-state index contributed by atoms with van der Waals surface area (Å²) in [5.41, 5.74) is 8.92. The van der Waals surface area contributed by atoms with E-state index in [2.05, 4.69) is 5.32 Å². The van der Waals surface area contributed by atoms with E-state index < -0.39 is 0 Å². The SMILES string of the molecule is Cc1ccc(N)c(C)c1NC(=O)c1ccc(Cl)o1. The van der Waals surface area contributed by atoms with Gasteiger partial charge in [0.25, 0.3) is 5.91 Å². The molecule has 2 aromatic rings. The van der Waals surface area contributed by atoms with E-state index >= 15 is 0 Å². The zero-order valence-corrected chi connectivity index (χ0v) is 10.8. The van der Waals surface area contributed by atoms with E-state index in [0.29, 0.717) is 11.4 Å². The van der Waals surface area contributed by atoms with Crippen LogP contribution in [0.4, 0.5) is 11.4 Å². The highest BCUT2D eigenvalue weighted by molar-refractivity contribution is 6.29. The molecule has 1 aromatic heterocycles. The smallest absolute Gasteiger partial charge is 0.291 e. The van der Waals surface area contributed by atoms with Gasteiger partial charge < -0.3 is 15.5 Å². The molecule has 0 radical (unpaired) electrons. The Balaban J connectivity index is 2.30. The second kappa shape index (κ2) is 4.74. The fraction of sp³-hybridized carbons (Fsp3) is 0.154. The number of rotatable bonds is 2. The van der Waals surface area contributed by atoms with Crippen LogP contribution in [0.1, 0.15) is 21.7 Å². The van der Waals surface area contributed by atoms with Crippen LogP contribution in [0.2, 0.25) is 5.22 Å². The fourth-order valence-electron chi connectivity index (χ4n) is 1.67. The molecule has 0 aliphatic rings. The van der Waals surface area contributed by atoms with E-state index in [4.69, 9.17) is 21.8 Å². The summed E-state index contributed by atoms with van der Waals surface area (Å²) in [7, 11) is 0. The molecule has 0 saturated carbocycles. The quantitative estimate of drug-likeness (QED) is 0.817. The fourth-order valence-corrected chi connectivity index (χ4v) is 1.81. The van der Waals surface area contributed by atoms with Gasteiger partial charge in [-0.25, -0.2) is 0 Å². The number of amides is 1. The summed E-state index contributed by atoms with van der Waals surface area (Å²) in [6, 6.07) is 6.71. The number of hydrogen-bond acceptors (Lipinski definition) is 3. The Morgan fingerprint density at radius 3 is 2.61 bits per heavy atom. The van der Waals surface area contributed by atoms with Crippen LogP contribution in [0.15, 0.2) is 28.7 Å². The third kappa shape index (κ3) is 2.33. The number of carbonyl (C=O) groups excluding carboxylic acids is 1. The molecule has 0 atom stereocenters. The van der Waals surface area contributed by atoms with Gasteiger partial charge in [0.15, 0.2) is 11.0 Å². The molecule has 18 heavy (non-hydrogen) atoms. The molecule has 94 valence electrons. The van der Waals surface area contributed by atoms with E-state index in [1.165, 1.54) is 12.1 Å². The number of aryl methyl sites for hydroxylation is 1. The van der Waals surface area contributed by atoms with Gasteiger partial charge in [0.1, 0.15) is 0 Å². The lowest BCUT2D eigenvalue weighted by atomic mass is 10.1. The van der Waals surface area contributed by atoms with Gasteiger partial charge in [-0.1, -0.05) is 6.07 Å². The number of nitrogens with two attached hydrogens (primary N) is 1. The predicted octanol–water partition coefficient (Wildman–Crippen LogP) is 3.38. The number of furan rings is 1. The predicted molar refractivity (Wildman–Crippen MR) is 72.0 cm³/mol. The summed E-state index contributed by atoms with van der Waals surface area (Å²) >= 11 is 5.63. The summed E-state index contributed by atoms with van der Waals surface area (Å²) in [4.78, 5) is 11.9. The zero-order chi connectivity index (χ0) is 13.3. The largest absolute Gasteiger partial charge is 0.440 e. The van der Waals surface area contributed by atoms with Crippen LogP contribution in [-0.4, -0.2) is 5.91 Å². The number of carbonyl (C=O) groups is 1. The molecule has 0 bridgehead atoms. The number of anilines is 2. The second-order valence-corrected chi connectivity index (χ2v) is 4.40. The van der Waals surface area contributed by atoms with Crippen molar-refractivity contribution >= 4 is 28.9 Å². The maximum atomic E-state index is 11.9. The first kappa shape index (κ1) is 12.5. The first-order valence-corrected chi connectivity index (χ1v) is 5.79. The minimum atomic E-state index is -0.348. The lowest BCUT2D eigenvalue weighted by Crippen LogP contribution is -2.13. The van der Waals surface area contributed by atoms with Crippen molar-refractivity contribution in [2.75, 3.05) is 11.1 Å². The van der Waals surface area contributed by atoms with Gasteiger partial charge in [-0.2, -0.15) is 0 Å². The summed E-state index contributed by atoms with van der Waals surface area (Å²) in [6.45, 7) is 3.75. The topological polar surface area (TPSA) is 68.3 Å². The van der Waals surface area contributed by atoms with Crippen molar-refractivity contribution in [3.05, 3.63) is 46.4 Å². The van der Waals surface area contributed by atoms with Gasteiger partial charge in [0.2, 0.25) is 0 Å². The molecule has 1 heterocycles. The van der Waals surface area contributed by atoms with Crippen molar-refractivity contribution in [1.29, 1.82) is 0 Å². The minimum Gasteiger partial charge on any atom is -0.440 e. The summed E-state index contributed by atoms with van der Waals surface area (Å²) in [6.07, 6.45) is 0. The molecular formula is C13H13ClN2O2. The summed E-state index contributed by atoms with van der Waals surface area (Å²) in [5.74, 6) is -0.181. The van der Waals surface area contributed by atoms with Crippen LogP contribution in [0, 0.1) is 13.8 Å². The highest BCUT2D eigenvalue weighted by atomic mass is 35.5. The van der Waals surface area contributed by atoms with Crippen LogP contribution in [0.3, 0.4) is 0 Å². The first-order chi connectivity index (χ1) is 8.49. The number of benzene rings is 1. The lowest BCUT2D eigenvalue weighted by molar-refractivity contribution is 0.0996. The van der Waals surface area contributed by atoms with Crippen molar-refractivity contribution in [2.24, 2.45) is 0 Å². The van der Waals surface area contributed by atoms with Crippen molar-refractivity contribution in [3.8, 4) is 0 Å². The highest BCUT2D eigenvalue weighted by Crippen LogP contribution is 2.26. The number of nitrogen functional groups attached to an aromatic ring is 1. The van der Waals surface area contributed by atoms with Crippen LogP contribution in [0.25, 0.3) is 0 Å². The minimum absolute atomic E-state index is 0.168. The second-order valence-electron chi connectivity index (χ2n) is 4.03. The Bertz CT molecular complexity index is 605. The van der Waals surface area contributed by atoms with E-state index in [9.17, 15) is 4.79 Å². The van der Waals surface area contributed by atoms with Crippen LogP contribution in [0.5, 0.6) is 0 Å². The molecule has 0 unspecified atom stereocenters. The molecule has 3 N–H and O–H groups in total. The molecule has 0 saturated heterocycles. The molecule has 0 spiro atoms. The average Bonchev–Trinajstić information content (AvgIpc) is 2.76. The van der Waals surface area contributed by atoms with E-state index in [1.807, 2.05) is 26.0 Å². The Morgan fingerprint density at radius 2 is 2.00 bits per heavy atom. The molecule has 5 heteroatoms. The maximum absolute atomic E-state index is 11.9. The number of hydrogen-bond donors (Lipinski definition) is 2. The number of halogens is 1. The van der Waals surface area contributed by atoms with Gasteiger partial charge >= 0.3 is 0 Å². The molecule has 1 aromatic carbocycles. The lowest BCUT2D eigenvalue weighted by Gasteiger charge is -2.12. The summed E-state index contributed by atoms with van der Waals surface area (Å²) in [5, 5.41) is 2.96. The Morgan fingerprint density at radius 1 is 1.28 bits per heavy atom. The van der Waals surface area contributed by atoms with E-state index in [1.54, 1.807) is 0 Å². The van der Waals surface area contributed by atoms with E-state index in [-0.39, 0.29) is 16.9 Å². The van der Waals surface area contributed by atoms with Crippen LogP contribution >= 0.6 is 11.6 Å². The van der Waals surface area contributed by atoms with Crippen LogP contribution < -0.4 is 11.1 Å². The molecular weight excluding hydrogens is 252 g/mol. The van der Waals surface area contributed by atoms with Crippen molar-refractivity contribution < 1.29 is 9.21 Å². The standard InChI is InChI=1S/C13H13ClN2O2/c1-7-3-4-9(15)8(2)12(7)16-13(17)10-5-6-11(14)18-10/h3-6H,15H2,1-2H3,(H,16,17). The molecule has 1 amide bonds. The number of nitrogens with one attached hydrogen (secondary N) is 1. The molecule has 0 aliphatic heterocycles. The normalized spacial score (nSPS) is 10.4. The Labute approximate surface area is 110 Å². The van der Waals surface area contributed by atoms with Gasteiger partial charge in [0, 0.05) is 11.4 Å². The highest BCUT2D eigenvalue weighted by Gasteiger charge is 2.14. The van der Waals surface area contributed by atoms with Gasteiger partial charge in [0.05, 0.1) is 0 Å². The first-order valence-electron chi connectivity index (χ1n) is 5.41. The van der Waals surface area contributed by atoms with Gasteiger partial charge in [-0.05, 0) is 54.8 Å². The van der Waals surface area contributed by atoms with Crippen molar-refractivity contribution in [2.45, 2.75) is 13.8 Å². The molecule has 0 aliphatic carbocycles. The zero-order valence-electron chi connectivity index (χ0n) is 10.1. The summed E-state index contributed by atoms with van der Waals surface area (Å²) < 4.78 is 5.05. The molecule has 4 nitrogen and oxygen atoms in total. The third-order valence-electron chi connectivity index (χ3n) is 2.75. The maximum Gasteiger partial charge on any atom is 0.291 e. The van der Waals surface area contributed by atoms with Crippen molar-refractivity contribution in [3.63, 3.8) is 0 Å². The van der Waals surface area contributed by atoms with Crippen molar-refractivity contribution in [1.82, 2.24) is 0 Å². The van der Waals surface area contributed by atoms with Gasteiger partial charge in [-0.3, -0.25) is 4.79 Å². The average molecular weight is 265 g/mol. The van der Waals surface area contributed by atoms with Crippen LogP contribution in [-0.2, 0) is 0 Å². The van der Waals surface area contributed by atoms with Gasteiger partial charge in [-0.15, -0.1) is 0 Å². The van der Waals surface area contributed by atoms with E-state index in [0.717, 1.165) is 11.1 Å². The molecule has 2 rings (SSSR count). The monoisotopic (exact) mass is 264 g/mol.